The van der Waals surface area contributed by atoms with Crippen molar-refractivity contribution in [2.45, 2.75) is 6.04 Å². The number of hydrazine groups is 2. The first-order valence-corrected chi connectivity index (χ1v) is 6.14. The molecule has 0 radical (unpaired) electrons. The van der Waals surface area contributed by atoms with Crippen molar-refractivity contribution in [3.63, 3.8) is 0 Å². The molecule has 0 aliphatic carbocycles. The number of nitrogens with one attached hydrogen (secondary N) is 1. The van der Waals surface area contributed by atoms with E-state index in [4.69, 9.17) is 4.84 Å². The number of piperazine rings is 1. The van der Waals surface area contributed by atoms with Gasteiger partial charge in [0.2, 0.25) is 0 Å². The molecule has 1 fully saturated rings. The van der Waals surface area contributed by atoms with E-state index >= 15 is 0 Å². The van der Waals surface area contributed by atoms with Crippen LogP contribution in [0.3, 0.4) is 0 Å². The van der Waals surface area contributed by atoms with Crippen molar-refractivity contribution in [1.82, 2.24) is 30.6 Å². The largest absolute Gasteiger partial charge is 0.465 e. The summed E-state index contributed by atoms with van der Waals surface area (Å²) >= 11 is 0. The van der Waals surface area contributed by atoms with E-state index < -0.39 is 12.1 Å². The van der Waals surface area contributed by atoms with Crippen LogP contribution in [-0.2, 0) is 4.84 Å². The molecule has 9 heteroatoms. The Balaban J connectivity index is 1.81. The number of amides is 1. The average molecular weight is 278 g/mol. The molecule has 1 unspecified atom stereocenters. The Labute approximate surface area is 115 Å². The van der Waals surface area contributed by atoms with Gasteiger partial charge in [-0.15, -0.1) is 0 Å². The number of nitrogens with zero attached hydrogens (tertiary/aromatic N) is 5. The summed E-state index contributed by atoms with van der Waals surface area (Å²) in [5.74, 6) is 0.490. The Hall–Kier alpha value is -2.39. The third-order valence-corrected chi connectivity index (χ3v) is 3.21. The predicted octanol–water partition coefficient (Wildman–Crippen LogP) is -0.0487. The molecule has 0 spiro atoms. The molecule has 2 aliphatic rings. The second kappa shape index (κ2) is 5.31. The summed E-state index contributed by atoms with van der Waals surface area (Å²) < 4.78 is 0. The minimum Gasteiger partial charge on any atom is -0.465 e. The highest BCUT2D eigenvalue weighted by molar-refractivity contribution is 5.65. The molecule has 2 N–H and O–H groups in total. The minimum absolute atomic E-state index is 0.365. The first-order chi connectivity index (χ1) is 9.75. The predicted molar refractivity (Wildman–Crippen MR) is 66.3 cm³/mol. The maximum atomic E-state index is 11.3. The fourth-order valence-electron chi connectivity index (χ4n) is 2.25. The molecule has 0 saturated carbocycles. The second-order valence-corrected chi connectivity index (χ2v) is 4.35. The molecular weight excluding hydrogens is 264 g/mol. The van der Waals surface area contributed by atoms with Crippen LogP contribution < -0.4 is 5.59 Å². The van der Waals surface area contributed by atoms with Gasteiger partial charge in [-0.1, -0.05) is 5.59 Å². The highest BCUT2D eigenvalue weighted by Gasteiger charge is 2.35. The normalized spacial score (nSPS) is 22.9. The first-order valence-electron chi connectivity index (χ1n) is 6.14. The summed E-state index contributed by atoms with van der Waals surface area (Å²) in [6.07, 6.45) is 5.48. The Morgan fingerprint density at radius 3 is 2.85 bits per heavy atom. The van der Waals surface area contributed by atoms with Crippen molar-refractivity contribution >= 4 is 6.09 Å². The smallest absolute Gasteiger partial charge is 0.408 e. The Morgan fingerprint density at radius 1 is 1.40 bits per heavy atom. The van der Waals surface area contributed by atoms with E-state index in [1.807, 2.05) is 5.01 Å². The Kier molecular flexibility index (Phi) is 3.35. The average Bonchev–Trinajstić information content (AvgIpc) is 3.02. The highest BCUT2D eigenvalue weighted by Crippen LogP contribution is 2.23. The van der Waals surface area contributed by atoms with Gasteiger partial charge in [0.05, 0.1) is 6.20 Å². The summed E-state index contributed by atoms with van der Waals surface area (Å²) in [7, 11) is 0. The molecule has 1 atom stereocenters. The number of carbonyl (C=O) groups is 1. The van der Waals surface area contributed by atoms with Gasteiger partial charge < -0.3 is 9.94 Å². The summed E-state index contributed by atoms with van der Waals surface area (Å²) in [5.41, 5.74) is 2.68. The van der Waals surface area contributed by atoms with Gasteiger partial charge in [-0.25, -0.2) is 19.9 Å². The zero-order chi connectivity index (χ0) is 13.9. The zero-order valence-corrected chi connectivity index (χ0v) is 10.6. The molecule has 1 saturated heterocycles. The van der Waals surface area contributed by atoms with Crippen LogP contribution in [0.15, 0.2) is 30.9 Å². The van der Waals surface area contributed by atoms with Crippen molar-refractivity contribution in [1.29, 1.82) is 0 Å². The summed E-state index contributed by atoms with van der Waals surface area (Å²) in [6, 6.07) is 1.28. The van der Waals surface area contributed by atoms with Crippen LogP contribution in [0.4, 0.5) is 4.79 Å². The van der Waals surface area contributed by atoms with Gasteiger partial charge in [0.25, 0.3) is 0 Å². The molecule has 1 aromatic rings. The van der Waals surface area contributed by atoms with E-state index in [0.717, 1.165) is 0 Å². The number of hydrogen-bond acceptors (Lipinski definition) is 7. The van der Waals surface area contributed by atoms with Gasteiger partial charge in [0.15, 0.2) is 5.82 Å². The molecule has 0 bridgehead atoms. The molecular formula is C11H14N6O3. The van der Waals surface area contributed by atoms with Gasteiger partial charge in [-0.05, 0) is 6.07 Å². The van der Waals surface area contributed by atoms with Crippen molar-refractivity contribution in [2.75, 3.05) is 19.6 Å². The van der Waals surface area contributed by atoms with Crippen molar-refractivity contribution in [3.05, 3.63) is 36.7 Å². The van der Waals surface area contributed by atoms with Gasteiger partial charge in [0.1, 0.15) is 12.3 Å². The number of hydrogen-bond donors (Lipinski definition) is 2. The maximum Gasteiger partial charge on any atom is 0.408 e. The summed E-state index contributed by atoms with van der Waals surface area (Å²) in [4.78, 5) is 26.0. The first kappa shape index (κ1) is 12.6. The molecule has 1 aromatic heterocycles. The Morgan fingerprint density at radius 2 is 2.20 bits per heavy atom. The minimum atomic E-state index is -0.969. The van der Waals surface area contributed by atoms with Crippen LogP contribution in [0.5, 0.6) is 0 Å². The van der Waals surface area contributed by atoms with Crippen molar-refractivity contribution in [2.24, 2.45) is 0 Å². The van der Waals surface area contributed by atoms with E-state index in [1.54, 1.807) is 29.8 Å². The van der Waals surface area contributed by atoms with Crippen LogP contribution in [0, 0.1) is 0 Å². The fourth-order valence-corrected chi connectivity index (χ4v) is 2.25. The van der Waals surface area contributed by atoms with E-state index in [0.29, 0.717) is 25.5 Å². The third-order valence-electron chi connectivity index (χ3n) is 3.21. The van der Waals surface area contributed by atoms with Crippen LogP contribution in [0.25, 0.3) is 0 Å². The number of aromatic nitrogens is 2. The zero-order valence-electron chi connectivity index (χ0n) is 10.6. The van der Waals surface area contributed by atoms with Gasteiger partial charge >= 0.3 is 6.09 Å². The maximum absolute atomic E-state index is 11.3. The molecule has 106 valence electrons. The lowest BCUT2D eigenvalue weighted by Gasteiger charge is -2.41. The molecule has 9 nitrogen and oxygen atoms in total. The Bertz CT molecular complexity index is 510. The lowest BCUT2D eigenvalue weighted by atomic mass is 10.2. The molecule has 3 rings (SSSR count). The standard InChI is InChI=1S/C11H14N6O3/c18-11(19)16-5-4-15(17-6-7-20-14-17)8-9(16)10-12-2-1-3-13-10/h1-3,6-7,9,14H,4-5,8H2,(H,18,19). The lowest BCUT2D eigenvalue weighted by molar-refractivity contribution is -0.128. The molecule has 0 aromatic carbocycles. The van der Waals surface area contributed by atoms with E-state index in [9.17, 15) is 9.90 Å². The van der Waals surface area contributed by atoms with Gasteiger partial charge in [0, 0.05) is 32.0 Å². The van der Waals surface area contributed by atoms with Gasteiger partial charge in [-0.2, -0.15) is 5.01 Å². The summed E-state index contributed by atoms with van der Waals surface area (Å²) in [5, 5.41) is 12.9. The van der Waals surface area contributed by atoms with Gasteiger partial charge in [-0.3, -0.25) is 4.90 Å². The topological polar surface area (TPSA) is 94.1 Å². The summed E-state index contributed by atoms with van der Waals surface area (Å²) in [6.45, 7) is 1.36. The lowest BCUT2D eigenvalue weighted by Crippen LogP contribution is -2.56. The molecule has 2 aliphatic heterocycles. The number of rotatable bonds is 2. The SMILES string of the molecule is O=C(O)N1CCN(N2C=CON2)CC1c1ncccn1. The van der Waals surface area contributed by atoms with Crippen molar-refractivity contribution < 1.29 is 14.7 Å². The monoisotopic (exact) mass is 278 g/mol. The highest BCUT2D eigenvalue weighted by atomic mass is 16.7. The molecule has 3 heterocycles. The number of carboxylic acid groups (broad SMARTS) is 1. The van der Waals surface area contributed by atoms with Crippen LogP contribution in [-0.4, -0.2) is 55.8 Å². The molecule has 20 heavy (non-hydrogen) atoms. The quantitative estimate of drug-likeness (QED) is 0.777. The van der Waals surface area contributed by atoms with Crippen molar-refractivity contribution in [3.8, 4) is 0 Å². The van der Waals surface area contributed by atoms with Crippen LogP contribution in [0.2, 0.25) is 0 Å². The fraction of sp³-hybridized carbons (Fsp3) is 0.364. The van der Waals surface area contributed by atoms with Crippen LogP contribution >= 0.6 is 0 Å². The van der Waals surface area contributed by atoms with E-state index in [2.05, 4.69) is 15.6 Å². The van der Waals surface area contributed by atoms with Crippen LogP contribution in [0.1, 0.15) is 11.9 Å². The van der Waals surface area contributed by atoms with E-state index in [1.165, 1.54) is 11.2 Å². The second-order valence-electron chi connectivity index (χ2n) is 4.35. The van der Waals surface area contributed by atoms with E-state index in [-0.39, 0.29) is 0 Å². The molecule has 1 amide bonds. The third kappa shape index (κ3) is 2.36.